The Morgan fingerprint density at radius 3 is 2.82 bits per heavy atom. The Balaban J connectivity index is 0.00000128. The highest BCUT2D eigenvalue weighted by Gasteiger charge is 2.27. The van der Waals surface area contributed by atoms with Gasteiger partial charge in [0.1, 0.15) is 5.01 Å². The van der Waals surface area contributed by atoms with Gasteiger partial charge in [0.2, 0.25) is 5.91 Å². The van der Waals surface area contributed by atoms with Crippen LogP contribution < -0.4 is 11.1 Å². The molecule has 0 aromatic carbocycles. The molecule has 4 nitrogen and oxygen atoms in total. The Hall–Kier alpha value is -0.360. The third-order valence-corrected chi connectivity index (χ3v) is 3.52. The molecule has 2 unspecified atom stereocenters. The highest BCUT2D eigenvalue weighted by Crippen LogP contribution is 2.24. The normalized spacial score (nSPS) is 22.4. The third-order valence-electron chi connectivity index (χ3n) is 2.74. The van der Waals surface area contributed by atoms with E-state index in [0.29, 0.717) is 6.54 Å². The Labute approximate surface area is 117 Å². The Kier molecular flexibility index (Phi) is 7.70. The molecule has 7 heteroatoms. The molecule has 1 saturated carbocycles. The SMILES string of the molecule is Cl.Cl.NC1CCC(C(=O)NCc2nccs2)C1. The molecule has 2 rings (SSSR count). The smallest absolute Gasteiger partial charge is 0.223 e. The first-order valence-electron chi connectivity index (χ1n) is 5.17. The fourth-order valence-electron chi connectivity index (χ4n) is 1.90. The van der Waals surface area contributed by atoms with Crippen LogP contribution in [0.15, 0.2) is 11.6 Å². The van der Waals surface area contributed by atoms with Gasteiger partial charge >= 0.3 is 0 Å². The van der Waals surface area contributed by atoms with Crippen LogP contribution in [-0.2, 0) is 11.3 Å². The quantitative estimate of drug-likeness (QED) is 0.893. The van der Waals surface area contributed by atoms with Crippen molar-refractivity contribution in [1.29, 1.82) is 0 Å². The number of hydrogen-bond acceptors (Lipinski definition) is 4. The summed E-state index contributed by atoms with van der Waals surface area (Å²) in [6.07, 6.45) is 4.46. The number of nitrogens with two attached hydrogens (primary N) is 1. The lowest BCUT2D eigenvalue weighted by molar-refractivity contribution is -0.125. The van der Waals surface area contributed by atoms with Gasteiger partial charge in [-0.15, -0.1) is 36.2 Å². The summed E-state index contributed by atoms with van der Waals surface area (Å²) in [5.41, 5.74) is 5.76. The topological polar surface area (TPSA) is 68.0 Å². The fraction of sp³-hybridized carbons (Fsp3) is 0.600. The van der Waals surface area contributed by atoms with E-state index in [0.717, 1.165) is 24.3 Å². The molecule has 0 spiro atoms. The summed E-state index contributed by atoms with van der Waals surface area (Å²) in [6, 6.07) is 0.209. The average Bonchev–Trinajstić information content (AvgIpc) is 2.84. The van der Waals surface area contributed by atoms with Crippen molar-refractivity contribution in [2.45, 2.75) is 31.8 Å². The number of nitrogens with one attached hydrogen (secondary N) is 1. The number of nitrogens with zero attached hydrogens (tertiary/aromatic N) is 1. The van der Waals surface area contributed by atoms with Crippen molar-refractivity contribution in [3.8, 4) is 0 Å². The summed E-state index contributed by atoms with van der Waals surface area (Å²) in [7, 11) is 0. The number of carbonyl (C=O) groups excluding carboxylic acids is 1. The molecule has 1 aliphatic rings. The van der Waals surface area contributed by atoms with E-state index in [1.54, 1.807) is 17.5 Å². The molecule has 1 aliphatic carbocycles. The molecular weight excluding hydrogens is 281 g/mol. The number of thiazole rings is 1. The van der Waals surface area contributed by atoms with Crippen LogP contribution in [0, 0.1) is 5.92 Å². The van der Waals surface area contributed by atoms with Crippen LogP contribution >= 0.6 is 36.2 Å². The highest BCUT2D eigenvalue weighted by molar-refractivity contribution is 7.09. The number of hydrogen-bond donors (Lipinski definition) is 2. The van der Waals surface area contributed by atoms with Crippen LogP contribution in [0.3, 0.4) is 0 Å². The van der Waals surface area contributed by atoms with E-state index in [1.165, 1.54) is 0 Å². The molecule has 3 N–H and O–H groups in total. The van der Waals surface area contributed by atoms with Gasteiger partial charge in [0.15, 0.2) is 0 Å². The van der Waals surface area contributed by atoms with Gasteiger partial charge in [0.05, 0.1) is 6.54 Å². The summed E-state index contributed by atoms with van der Waals surface area (Å²) < 4.78 is 0. The van der Waals surface area contributed by atoms with Crippen LogP contribution in [-0.4, -0.2) is 16.9 Å². The lowest BCUT2D eigenvalue weighted by atomic mass is 10.1. The average molecular weight is 298 g/mol. The first-order valence-corrected chi connectivity index (χ1v) is 6.05. The van der Waals surface area contributed by atoms with Crippen molar-refractivity contribution >= 4 is 42.1 Å². The van der Waals surface area contributed by atoms with E-state index in [2.05, 4.69) is 10.3 Å². The maximum absolute atomic E-state index is 11.7. The van der Waals surface area contributed by atoms with E-state index in [4.69, 9.17) is 5.73 Å². The van der Waals surface area contributed by atoms with Crippen LogP contribution in [0.2, 0.25) is 0 Å². The number of halogens is 2. The molecule has 0 aliphatic heterocycles. The minimum absolute atomic E-state index is 0. The summed E-state index contributed by atoms with van der Waals surface area (Å²) in [5.74, 6) is 0.234. The molecule has 1 fully saturated rings. The van der Waals surface area contributed by atoms with Gasteiger partial charge in [0, 0.05) is 23.5 Å². The summed E-state index contributed by atoms with van der Waals surface area (Å²) >= 11 is 1.56. The van der Waals surface area contributed by atoms with Crippen LogP contribution in [0.4, 0.5) is 0 Å². The van der Waals surface area contributed by atoms with Gasteiger partial charge in [-0.1, -0.05) is 0 Å². The Morgan fingerprint density at radius 1 is 1.53 bits per heavy atom. The molecule has 0 radical (unpaired) electrons. The number of amides is 1. The second-order valence-electron chi connectivity index (χ2n) is 3.91. The largest absolute Gasteiger partial charge is 0.349 e. The van der Waals surface area contributed by atoms with Gasteiger partial charge in [-0.05, 0) is 19.3 Å². The molecule has 1 heterocycles. The van der Waals surface area contributed by atoms with Gasteiger partial charge in [-0.2, -0.15) is 0 Å². The van der Waals surface area contributed by atoms with Crippen molar-refractivity contribution in [3.05, 3.63) is 16.6 Å². The predicted octanol–water partition coefficient (Wildman–Crippen LogP) is 1.73. The van der Waals surface area contributed by atoms with Crippen molar-refractivity contribution in [2.75, 3.05) is 0 Å². The molecule has 1 aromatic heterocycles. The first-order chi connectivity index (χ1) is 7.25. The van der Waals surface area contributed by atoms with Gasteiger partial charge in [-0.3, -0.25) is 4.79 Å². The lowest BCUT2D eigenvalue weighted by Crippen LogP contribution is -2.29. The zero-order valence-electron chi connectivity index (χ0n) is 9.30. The van der Waals surface area contributed by atoms with Gasteiger partial charge < -0.3 is 11.1 Å². The minimum atomic E-state index is 0. The van der Waals surface area contributed by atoms with Crippen molar-refractivity contribution < 1.29 is 4.79 Å². The van der Waals surface area contributed by atoms with Gasteiger partial charge in [-0.25, -0.2) is 4.98 Å². The zero-order valence-corrected chi connectivity index (χ0v) is 11.7. The molecule has 0 bridgehead atoms. The second kappa shape index (κ2) is 7.87. The van der Waals surface area contributed by atoms with E-state index in [1.807, 2.05) is 5.38 Å². The maximum Gasteiger partial charge on any atom is 0.223 e. The minimum Gasteiger partial charge on any atom is -0.349 e. The Bertz CT molecular complexity index is 334. The standard InChI is InChI=1S/C10H15N3OS.2ClH/c11-8-2-1-7(5-8)10(14)13-6-9-12-3-4-15-9;;/h3-4,7-8H,1-2,5-6,11H2,(H,13,14);2*1H. The second-order valence-corrected chi connectivity index (χ2v) is 4.89. The molecule has 1 amide bonds. The Morgan fingerprint density at radius 2 is 2.29 bits per heavy atom. The molecule has 98 valence electrons. The summed E-state index contributed by atoms with van der Waals surface area (Å²) in [5, 5.41) is 5.76. The highest BCUT2D eigenvalue weighted by atomic mass is 35.5. The van der Waals surface area contributed by atoms with Crippen LogP contribution in [0.1, 0.15) is 24.3 Å². The fourth-order valence-corrected chi connectivity index (χ4v) is 2.46. The number of carbonyl (C=O) groups is 1. The number of aromatic nitrogens is 1. The third kappa shape index (κ3) is 4.79. The van der Waals surface area contributed by atoms with E-state index in [-0.39, 0.29) is 42.7 Å². The van der Waals surface area contributed by atoms with E-state index in [9.17, 15) is 4.79 Å². The van der Waals surface area contributed by atoms with Crippen LogP contribution in [0.25, 0.3) is 0 Å². The van der Waals surface area contributed by atoms with Crippen molar-refractivity contribution in [1.82, 2.24) is 10.3 Å². The molecular formula is C10H17Cl2N3OS. The molecule has 17 heavy (non-hydrogen) atoms. The zero-order chi connectivity index (χ0) is 10.7. The monoisotopic (exact) mass is 297 g/mol. The lowest BCUT2D eigenvalue weighted by Gasteiger charge is -2.09. The maximum atomic E-state index is 11.7. The first kappa shape index (κ1) is 16.6. The molecule has 0 saturated heterocycles. The van der Waals surface area contributed by atoms with Crippen molar-refractivity contribution in [2.24, 2.45) is 11.7 Å². The molecule has 2 atom stereocenters. The summed E-state index contributed by atoms with van der Waals surface area (Å²) in [6.45, 7) is 0.544. The predicted molar refractivity (Wildman–Crippen MR) is 73.8 cm³/mol. The van der Waals surface area contributed by atoms with Gasteiger partial charge in [0.25, 0.3) is 0 Å². The van der Waals surface area contributed by atoms with Crippen molar-refractivity contribution in [3.63, 3.8) is 0 Å². The van der Waals surface area contributed by atoms with E-state index >= 15 is 0 Å². The molecule has 1 aromatic rings. The number of rotatable bonds is 3. The van der Waals surface area contributed by atoms with Crippen LogP contribution in [0.5, 0.6) is 0 Å². The van der Waals surface area contributed by atoms with E-state index < -0.39 is 0 Å². The summed E-state index contributed by atoms with van der Waals surface area (Å²) in [4.78, 5) is 15.8.